The smallest absolute Gasteiger partial charge is 0.232 e. The van der Waals surface area contributed by atoms with Crippen molar-refractivity contribution in [2.24, 2.45) is 7.05 Å². The molecule has 18 heavy (non-hydrogen) atoms. The number of benzene rings is 1. The number of anilines is 1. The summed E-state index contributed by atoms with van der Waals surface area (Å²) in [6.45, 7) is 0. The zero-order chi connectivity index (χ0) is 12.9. The van der Waals surface area contributed by atoms with Gasteiger partial charge in [-0.25, -0.2) is 9.37 Å². The summed E-state index contributed by atoms with van der Waals surface area (Å²) < 4.78 is 20.2. The van der Waals surface area contributed by atoms with Crippen LogP contribution in [0.5, 0.6) is 0 Å². The Morgan fingerprint density at radius 2 is 2.22 bits per heavy atom. The zero-order valence-corrected chi connectivity index (χ0v) is 10.1. The summed E-state index contributed by atoms with van der Waals surface area (Å²) in [5.74, 6) is 0.216. The summed E-state index contributed by atoms with van der Waals surface area (Å²) >= 11 is 5.88. The minimum Gasteiger partial charge on any atom is -0.434 e. The van der Waals surface area contributed by atoms with Crippen molar-refractivity contribution in [3.05, 3.63) is 29.2 Å². The normalized spacial score (nSPS) is 11.3. The minimum atomic E-state index is -0.466. The monoisotopic (exact) mass is 266 g/mol. The summed E-state index contributed by atoms with van der Waals surface area (Å²) in [6.07, 6.45) is 1.53. The van der Waals surface area contributed by atoms with Gasteiger partial charge in [-0.05, 0) is 6.07 Å². The Morgan fingerprint density at radius 3 is 2.89 bits per heavy atom. The van der Waals surface area contributed by atoms with Crippen LogP contribution in [0.3, 0.4) is 0 Å². The lowest BCUT2D eigenvalue weighted by atomic mass is 10.3. The van der Waals surface area contributed by atoms with Crippen molar-refractivity contribution in [3.8, 4) is 11.5 Å². The molecule has 0 amide bonds. The lowest BCUT2D eigenvalue weighted by Gasteiger charge is -1.94. The molecule has 0 spiro atoms. The maximum Gasteiger partial charge on any atom is 0.232 e. The first kappa shape index (κ1) is 11.0. The molecular weight excluding hydrogens is 259 g/mol. The second-order valence-electron chi connectivity index (χ2n) is 3.82. The van der Waals surface area contributed by atoms with Gasteiger partial charge in [0, 0.05) is 13.1 Å². The van der Waals surface area contributed by atoms with E-state index < -0.39 is 5.82 Å². The lowest BCUT2D eigenvalue weighted by molar-refractivity contribution is 0.614. The van der Waals surface area contributed by atoms with Gasteiger partial charge in [-0.1, -0.05) is 11.6 Å². The number of fused-ring (bicyclic) bond motifs is 1. The third-order valence-corrected chi connectivity index (χ3v) is 2.91. The van der Waals surface area contributed by atoms with E-state index in [-0.39, 0.29) is 10.9 Å². The van der Waals surface area contributed by atoms with Crippen LogP contribution in [0.1, 0.15) is 0 Å². The highest BCUT2D eigenvalue weighted by Crippen LogP contribution is 2.31. The van der Waals surface area contributed by atoms with Crippen molar-refractivity contribution in [3.63, 3.8) is 0 Å². The van der Waals surface area contributed by atoms with Crippen molar-refractivity contribution < 1.29 is 8.81 Å². The average Bonchev–Trinajstić information content (AvgIpc) is 2.84. The number of hydrogen-bond donors (Lipinski definition) is 1. The van der Waals surface area contributed by atoms with Crippen LogP contribution in [-0.2, 0) is 7.05 Å². The van der Waals surface area contributed by atoms with E-state index in [0.717, 1.165) is 0 Å². The van der Waals surface area contributed by atoms with E-state index in [4.69, 9.17) is 21.8 Å². The second-order valence-corrected chi connectivity index (χ2v) is 4.23. The molecule has 2 heterocycles. The predicted molar refractivity (Wildman–Crippen MR) is 65.6 cm³/mol. The standard InChI is InChI=1S/C11H8ClFN4O/c1-17-10(14)6(4-15-17)11-16-8-3-5(13)2-7(12)9(8)18-11/h2-4H,14H2,1H3. The Bertz CT molecular complexity index is 749. The number of nitrogens with zero attached hydrogens (tertiary/aromatic N) is 3. The van der Waals surface area contributed by atoms with E-state index in [0.29, 0.717) is 22.5 Å². The summed E-state index contributed by atoms with van der Waals surface area (Å²) in [7, 11) is 1.70. The van der Waals surface area contributed by atoms with Gasteiger partial charge >= 0.3 is 0 Å². The molecule has 0 saturated heterocycles. The topological polar surface area (TPSA) is 69.9 Å². The van der Waals surface area contributed by atoms with Gasteiger partial charge in [0.05, 0.1) is 16.8 Å². The molecule has 2 N–H and O–H groups in total. The molecule has 0 unspecified atom stereocenters. The molecule has 92 valence electrons. The number of aryl methyl sites for hydroxylation is 1. The number of aromatic nitrogens is 3. The fourth-order valence-electron chi connectivity index (χ4n) is 1.69. The molecule has 0 saturated carbocycles. The van der Waals surface area contributed by atoms with Gasteiger partial charge in [0.1, 0.15) is 17.2 Å². The van der Waals surface area contributed by atoms with Gasteiger partial charge < -0.3 is 10.2 Å². The van der Waals surface area contributed by atoms with Crippen molar-refractivity contribution in [2.45, 2.75) is 0 Å². The molecule has 3 aromatic rings. The quantitative estimate of drug-likeness (QED) is 0.735. The highest BCUT2D eigenvalue weighted by atomic mass is 35.5. The molecule has 0 aliphatic heterocycles. The molecule has 2 aromatic heterocycles. The first-order chi connectivity index (χ1) is 8.56. The molecule has 0 atom stereocenters. The lowest BCUT2D eigenvalue weighted by Crippen LogP contribution is -1.97. The van der Waals surface area contributed by atoms with Crippen molar-refractivity contribution in [2.75, 3.05) is 5.73 Å². The third kappa shape index (κ3) is 1.53. The molecular formula is C11H8ClFN4O. The summed E-state index contributed by atoms with van der Waals surface area (Å²) in [5, 5.41) is 4.16. The van der Waals surface area contributed by atoms with Gasteiger partial charge in [-0.2, -0.15) is 5.10 Å². The van der Waals surface area contributed by atoms with Gasteiger partial charge in [0.2, 0.25) is 5.89 Å². The van der Waals surface area contributed by atoms with Crippen LogP contribution in [0.15, 0.2) is 22.7 Å². The average molecular weight is 267 g/mol. The summed E-state index contributed by atoms with van der Waals surface area (Å²) in [5.41, 5.74) is 7.04. The Hall–Kier alpha value is -2.08. The number of oxazole rings is 1. The molecule has 0 fully saturated rings. The Kier molecular flexibility index (Phi) is 2.27. The number of rotatable bonds is 1. The van der Waals surface area contributed by atoms with Gasteiger partial charge in [-0.15, -0.1) is 0 Å². The number of nitrogen functional groups attached to an aromatic ring is 1. The molecule has 1 aromatic carbocycles. The van der Waals surface area contributed by atoms with Crippen LogP contribution in [-0.4, -0.2) is 14.8 Å². The van der Waals surface area contributed by atoms with Crippen LogP contribution in [0.25, 0.3) is 22.6 Å². The number of nitrogens with two attached hydrogens (primary N) is 1. The maximum absolute atomic E-state index is 13.2. The Balaban J connectivity index is 2.25. The van der Waals surface area contributed by atoms with Crippen molar-refractivity contribution in [1.82, 2.24) is 14.8 Å². The first-order valence-corrected chi connectivity index (χ1v) is 5.47. The van der Waals surface area contributed by atoms with E-state index in [2.05, 4.69) is 10.1 Å². The van der Waals surface area contributed by atoms with E-state index >= 15 is 0 Å². The molecule has 5 nitrogen and oxygen atoms in total. The van der Waals surface area contributed by atoms with Gasteiger partial charge in [-0.3, -0.25) is 4.68 Å². The molecule has 0 aliphatic carbocycles. The van der Waals surface area contributed by atoms with Crippen molar-refractivity contribution in [1.29, 1.82) is 0 Å². The van der Waals surface area contributed by atoms with Crippen LogP contribution in [0.4, 0.5) is 10.2 Å². The number of hydrogen-bond acceptors (Lipinski definition) is 4. The second kappa shape index (κ2) is 3.71. The summed E-state index contributed by atoms with van der Waals surface area (Å²) in [4.78, 5) is 4.15. The molecule has 3 rings (SSSR count). The predicted octanol–water partition coefficient (Wildman–Crippen LogP) is 2.60. The Morgan fingerprint density at radius 1 is 1.44 bits per heavy atom. The highest BCUT2D eigenvalue weighted by molar-refractivity contribution is 6.34. The minimum absolute atomic E-state index is 0.172. The van der Waals surface area contributed by atoms with Crippen LogP contribution in [0, 0.1) is 5.82 Å². The van der Waals surface area contributed by atoms with Gasteiger partial charge in [0.15, 0.2) is 5.58 Å². The fraction of sp³-hybridized carbons (Fsp3) is 0.0909. The maximum atomic E-state index is 13.2. The van der Waals surface area contributed by atoms with E-state index in [1.807, 2.05) is 0 Å². The Labute approximate surface area is 106 Å². The number of halogens is 2. The zero-order valence-electron chi connectivity index (χ0n) is 9.32. The van der Waals surface area contributed by atoms with Crippen molar-refractivity contribution >= 4 is 28.5 Å². The SMILES string of the molecule is Cn1ncc(-c2nc3cc(F)cc(Cl)c3o2)c1N. The van der Waals surface area contributed by atoms with E-state index in [1.165, 1.54) is 23.0 Å². The first-order valence-electron chi connectivity index (χ1n) is 5.09. The molecule has 0 radical (unpaired) electrons. The molecule has 7 heteroatoms. The largest absolute Gasteiger partial charge is 0.434 e. The third-order valence-electron chi connectivity index (χ3n) is 2.62. The van der Waals surface area contributed by atoms with E-state index in [1.54, 1.807) is 7.05 Å². The van der Waals surface area contributed by atoms with Crippen LogP contribution in [0.2, 0.25) is 5.02 Å². The van der Waals surface area contributed by atoms with Crippen LogP contribution >= 0.6 is 11.6 Å². The van der Waals surface area contributed by atoms with Crippen LogP contribution < -0.4 is 5.73 Å². The molecule has 0 aliphatic rings. The molecule has 0 bridgehead atoms. The summed E-state index contributed by atoms with van der Waals surface area (Å²) in [6, 6.07) is 2.42. The van der Waals surface area contributed by atoms with E-state index in [9.17, 15) is 4.39 Å². The highest BCUT2D eigenvalue weighted by Gasteiger charge is 2.16. The van der Waals surface area contributed by atoms with Gasteiger partial charge in [0.25, 0.3) is 0 Å². The fourth-order valence-corrected chi connectivity index (χ4v) is 1.93.